The molecule has 0 aromatic rings. The molecule has 0 saturated carbocycles. The molecule has 0 spiro atoms. The second-order valence-electron chi connectivity index (χ2n) is 0.879. The molecule has 0 aromatic heterocycles. The van der Waals surface area contributed by atoms with Gasteiger partial charge in [0.1, 0.15) is 0 Å². The third kappa shape index (κ3) is 30.3. The first kappa shape index (κ1) is 12.0. The molecular weight excluding hydrogens is 190 g/mol. The molecule has 0 aliphatic carbocycles. The van der Waals surface area contributed by atoms with Gasteiger partial charge in [0.15, 0.2) is 0 Å². The van der Waals surface area contributed by atoms with Crippen molar-refractivity contribution in [2.45, 2.75) is 3.79 Å². The van der Waals surface area contributed by atoms with Gasteiger partial charge in [0.25, 0.3) is 6.47 Å². The predicted octanol–water partition coefficient (Wildman–Crippen LogP) is 1.05. The van der Waals surface area contributed by atoms with Crippen LogP contribution in [0, 0.1) is 0 Å². The van der Waals surface area contributed by atoms with E-state index in [1.807, 2.05) is 0 Å². The van der Waals surface area contributed by atoms with E-state index >= 15 is 0 Å². The van der Waals surface area contributed by atoms with Crippen molar-refractivity contribution in [3.05, 3.63) is 0 Å². The van der Waals surface area contributed by atoms with E-state index in [0.717, 1.165) is 0 Å². The van der Waals surface area contributed by atoms with Crippen LogP contribution in [0.5, 0.6) is 0 Å². The van der Waals surface area contributed by atoms with Gasteiger partial charge < -0.3 is 10.2 Å². The van der Waals surface area contributed by atoms with Crippen LogP contribution in [-0.4, -0.2) is 27.1 Å². The Morgan fingerprint density at radius 1 is 1.44 bits per heavy atom. The number of aliphatic hydroxyl groups is 1. The molecule has 0 fully saturated rings. The van der Waals surface area contributed by atoms with Crippen molar-refractivity contribution < 1.29 is 15.0 Å². The summed E-state index contributed by atoms with van der Waals surface area (Å²) in [6.45, 7) is -0.683. The highest BCUT2D eigenvalue weighted by molar-refractivity contribution is 6.67. The molecule has 3 nitrogen and oxygen atoms in total. The molecule has 0 bridgehead atoms. The first-order chi connectivity index (χ1) is 3.97. The third-order valence-electron chi connectivity index (χ3n) is 0.179. The van der Waals surface area contributed by atoms with Gasteiger partial charge in [0.05, 0.1) is 6.61 Å². The van der Waals surface area contributed by atoms with E-state index in [1.54, 1.807) is 0 Å². The Hall–Kier alpha value is 0.300. The third-order valence-corrected chi connectivity index (χ3v) is 0.538. The maximum Gasteiger partial charge on any atom is 0.290 e. The maximum atomic E-state index is 8.36. The van der Waals surface area contributed by atoms with Gasteiger partial charge in [-0.3, -0.25) is 4.79 Å². The van der Waals surface area contributed by atoms with E-state index in [1.165, 1.54) is 0 Å². The van der Waals surface area contributed by atoms with Crippen LogP contribution < -0.4 is 0 Å². The summed E-state index contributed by atoms with van der Waals surface area (Å²) in [5, 5.41) is 14.9. The van der Waals surface area contributed by atoms with E-state index in [4.69, 9.17) is 49.8 Å². The number of carbonyl (C=O) groups is 1. The van der Waals surface area contributed by atoms with Crippen LogP contribution >= 0.6 is 34.8 Å². The minimum atomic E-state index is -1.49. The van der Waals surface area contributed by atoms with E-state index in [2.05, 4.69) is 0 Å². The lowest BCUT2D eigenvalue weighted by Gasteiger charge is -2.01. The molecule has 2 N–H and O–H groups in total. The Labute approximate surface area is 67.1 Å². The lowest BCUT2D eigenvalue weighted by Crippen LogP contribution is -2.06. The van der Waals surface area contributed by atoms with Crippen molar-refractivity contribution in [2.24, 2.45) is 0 Å². The number of hydrogen-bond donors (Lipinski definition) is 2. The van der Waals surface area contributed by atoms with E-state index in [0.29, 0.717) is 0 Å². The molecular formula is C3H5Cl3O3. The number of halogens is 3. The van der Waals surface area contributed by atoms with E-state index in [9.17, 15) is 0 Å². The Balaban J connectivity index is 0. The van der Waals surface area contributed by atoms with Crippen LogP contribution in [0.4, 0.5) is 0 Å². The summed E-state index contributed by atoms with van der Waals surface area (Å²) in [5.41, 5.74) is 0. The van der Waals surface area contributed by atoms with Crippen molar-refractivity contribution >= 4 is 41.3 Å². The molecule has 0 aliphatic heterocycles. The van der Waals surface area contributed by atoms with Gasteiger partial charge in [-0.1, -0.05) is 34.8 Å². The molecule has 0 heterocycles. The summed E-state index contributed by atoms with van der Waals surface area (Å²) >= 11 is 15.0. The molecule has 0 aromatic carbocycles. The minimum absolute atomic E-state index is 0.250. The zero-order valence-corrected chi connectivity index (χ0v) is 6.49. The first-order valence-electron chi connectivity index (χ1n) is 1.73. The normalized spacial score (nSPS) is 9.33. The molecule has 6 heteroatoms. The summed E-state index contributed by atoms with van der Waals surface area (Å²) in [5.74, 6) is 0. The van der Waals surface area contributed by atoms with E-state index in [-0.39, 0.29) is 6.47 Å². The van der Waals surface area contributed by atoms with Crippen molar-refractivity contribution in [2.75, 3.05) is 6.61 Å². The van der Waals surface area contributed by atoms with Gasteiger partial charge in [-0.2, -0.15) is 0 Å². The molecule has 0 unspecified atom stereocenters. The summed E-state index contributed by atoms with van der Waals surface area (Å²) < 4.78 is -1.49. The number of alkyl halides is 3. The topological polar surface area (TPSA) is 57.5 Å². The lowest BCUT2D eigenvalue weighted by molar-refractivity contribution is -0.122. The van der Waals surface area contributed by atoms with Crippen LogP contribution in [0.3, 0.4) is 0 Å². The van der Waals surface area contributed by atoms with Crippen molar-refractivity contribution in [1.29, 1.82) is 0 Å². The quantitative estimate of drug-likeness (QED) is 0.449. The highest BCUT2D eigenvalue weighted by Gasteiger charge is 2.16. The van der Waals surface area contributed by atoms with Crippen LogP contribution in [-0.2, 0) is 4.79 Å². The highest BCUT2D eigenvalue weighted by Crippen LogP contribution is 2.23. The predicted molar refractivity (Wildman–Crippen MR) is 36.1 cm³/mol. The highest BCUT2D eigenvalue weighted by atomic mass is 35.6. The maximum absolute atomic E-state index is 8.36. The monoisotopic (exact) mass is 194 g/mol. The smallest absolute Gasteiger partial charge is 0.290 e. The van der Waals surface area contributed by atoms with Crippen molar-refractivity contribution in [3.8, 4) is 0 Å². The fraction of sp³-hybridized carbons (Fsp3) is 0.667. The Morgan fingerprint density at radius 2 is 1.56 bits per heavy atom. The van der Waals surface area contributed by atoms with Gasteiger partial charge in [-0.05, 0) is 0 Å². The molecule has 56 valence electrons. The number of carboxylic acid groups (broad SMARTS) is 1. The van der Waals surface area contributed by atoms with Gasteiger partial charge in [-0.25, -0.2) is 0 Å². The summed E-state index contributed by atoms with van der Waals surface area (Å²) in [6.07, 6.45) is 0. The molecule has 9 heavy (non-hydrogen) atoms. The average molecular weight is 195 g/mol. The summed E-state index contributed by atoms with van der Waals surface area (Å²) in [7, 11) is 0. The number of hydrogen-bond acceptors (Lipinski definition) is 2. The zero-order chi connectivity index (χ0) is 7.91. The lowest BCUT2D eigenvalue weighted by atomic mass is 10.9. The summed E-state index contributed by atoms with van der Waals surface area (Å²) in [6, 6.07) is 0. The van der Waals surface area contributed by atoms with Crippen LogP contribution in [0.1, 0.15) is 0 Å². The second-order valence-corrected chi connectivity index (χ2v) is 3.39. The van der Waals surface area contributed by atoms with Crippen LogP contribution in [0.25, 0.3) is 0 Å². The number of aliphatic hydroxyl groups excluding tert-OH is 1. The molecule has 0 atom stereocenters. The zero-order valence-electron chi connectivity index (χ0n) is 4.22. The van der Waals surface area contributed by atoms with Crippen LogP contribution in [0.2, 0.25) is 0 Å². The largest absolute Gasteiger partial charge is 0.483 e. The Bertz CT molecular complexity index is 69.2. The standard InChI is InChI=1S/C2H3Cl3O.CH2O2/c3-2(4,5)1-6;2-1-3/h6H,1H2;1H,(H,2,3). The van der Waals surface area contributed by atoms with Crippen LogP contribution in [0.15, 0.2) is 0 Å². The van der Waals surface area contributed by atoms with Crippen molar-refractivity contribution in [3.63, 3.8) is 0 Å². The first-order valence-corrected chi connectivity index (χ1v) is 2.86. The molecule has 0 amide bonds. The minimum Gasteiger partial charge on any atom is -0.483 e. The number of rotatable bonds is 0. The fourth-order valence-corrected chi connectivity index (χ4v) is 0. The van der Waals surface area contributed by atoms with Crippen molar-refractivity contribution in [1.82, 2.24) is 0 Å². The fourth-order valence-electron chi connectivity index (χ4n) is 0. The molecule has 0 aliphatic rings. The van der Waals surface area contributed by atoms with Gasteiger partial charge >= 0.3 is 0 Å². The SMILES string of the molecule is O=CO.OCC(Cl)(Cl)Cl. The Morgan fingerprint density at radius 3 is 1.56 bits per heavy atom. The van der Waals surface area contributed by atoms with Gasteiger partial charge in [-0.15, -0.1) is 0 Å². The molecule has 0 rings (SSSR count). The molecule has 0 radical (unpaired) electrons. The second kappa shape index (κ2) is 6.42. The average Bonchev–Trinajstić information content (AvgIpc) is 1.67. The van der Waals surface area contributed by atoms with Gasteiger partial charge in [0.2, 0.25) is 3.79 Å². The molecule has 0 saturated heterocycles. The van der Waals surface area contributed by atoms with Gasteiger partial charge in [0, 0.05) is 0 Å². The summed E-state index contributed by atoms with van der Waals surface area (Å²) in [4.78, 5) is 8.36. The Kier molecular flexibility index (Phi) is 8.58. The van der Waals surface area contributed by atoms with E-state index < -0.39 is 10.4 Å².